The number of nitrogens with one attached hydrogen (secondary N) is 1. The van der Waals surface area contributed by atoms with E-state index in [1.54, 1.807) is 11.3 Å². The minimum atomic E-state index is 0.912. The minimum Gasteiger partial charge on any atom is -0.354 e. The lowest BCUT2D eigenvalue weighted by molar-refractivity contribution is 0.494. The molecule has 2 aromatic heterocycles. The van der Waals surface area contributed by atoms with Crippen LogP contribution < -0.4 is 10.2 Å². The molecule has 2 aliphatic rings. The Kier molecular flexibility index (Phi) is 3.19. The second-order valence-electron chi connectivity index (χ2n) is 6.07. The zero-order chi connectivity index (χ0) is 13.5. The van der Waals surface area contributed by atoms with E-state index in [2.05, 4.69) is 33.1 Å². The number of hydrogen-bond donors (Lipinski definition) is 1. The molecule has 4 rings (SSSR count). The lowest BCUT2D eigenvalue weighted by Gasteiger charge is -2.18. The second kappa shape index (κ2) is 5.04. The van der Waals surface area contributed by atoms with Gasteiger partial charge in [-0.15, -0.1) is 11.3 Å². The summed E-state index contributed by atoms with van der Waals surface area (Å²) in [6.45, 7) is 6.51. The van der Waals surface area contributed by atoms with Gasteiger partial charge in [0.2, 0.25) is 0 Å². The van der Waals surface area contributed by atoms with Gasteiger partial charge in [-0.2, -0.15) is 0 Å². The molecule has 0 radical (unpaired) electrons. The lowest BCUT2D eigenvalue weighted by Crippen LogP contribution is -2.24. The van der Waals surface area contributed by atoms with Crippen LogP contribution in [0.2, 0.25) is 0 Å². The zero-order valence-electron chi connectivity index (χ0n) is 12.0. The van der Waals surface area contributed by atoms with Gasteiger partial charge in [-0.25, -0.2) is 4.98 Å². The zero-order valence-corrected chi connectivity index (χ0v) is 12.8. The molecule has 0 amide bonds. The van der Waals surface area contributed by atoms with Crippen molar-refractivity contribution in [3.8, 4) is 0 Å². The van der Waals surface area contributed by atoms with Crippen LogP contribution in [0.5, 0.6) is 0 Å². The van der Waals surface area contributed by atoms with Gasteiger partial charge in [0, 0.05) is 31.2 Å². The van der Waals surface area contributed by atoms with Gasteiger partial charge in [0.15, 0.2) is 10.8 Å². The van der Waals surface area contributed by atoms with Crippen LogP contribution in [-0.2, 0) is 6.54 Å². The Labute approximate surface area is 123 Å². The molecule has 2 atom stereocenters. The average Bonchev–Trinajstić information content (AvgIpc) is 3.15. The maximum Gasteiger partial charge on any atom is 0.195 e. The molecule has 2 fully saturated rings. The average molecular weight is 290 g/mol. The summed E-state index contributed by atoms with van der Waals surface area (Å²) in [5, 5.41) is 5.59. The van der Waals surface area contributed by atoms with Gasteiger partial charge >= 0.3 is 0 Å². The monoisotopic (exact) mass is 290 g/mol. The highest BCUT2D eigenvalue weighted by molar-refractivity contribution is 7.15. The first-order chi connectivity index (χ1) is 9.86. The van der Waals surface area contributed by atoms with Crippen molar-refractivity contribution in [3.05, 3.63) is 17.3 Å². The van der Waals surface area contributed by atoms with Crippen molar-refractivity contribution < 1.29 is 0 Å². The Balaban J connectivity index is 1.66. The minimum absolute atomic E-state index is 0.912. The van der Waals surface area contributed by atoms with Crippen molar-refractivity contribution in [3.63, 3.8) is 0 Å². The summed E-state index contributed by atoms with van der Waals surface area (Å²) in [6.07, 6.45) is 6.43. The van der Waals surface area contributed by atoms with E-state index in [1.807, 2.05) is 0 Å². The number of hydrogen-bond acceptors (Lipinski definition) is 4. The standard InChI is InChI=1S/C15H22N4S/c1-2-16-8-13-14(17-15-19(13)6-7-20-15)18-9-11-4-3-5-12(11)10-18/h6-7,11-12,16H,2-5,8-10H2,1H3. The molecule has 2 unspecified atom stereocenters. The van der Waals surface area contributed by atoms with E-state index in [1.165, 1.54) is 43.9 Å². The molecule has 3 heterocycles. The number of thiazole rings is 1. The molecule has 1 saturated carbocycles. The van der Waals surface area contributed by atoms with Gasteiger partial charge in [-0.3, -0.25) is 4.40 Å². The van der Waals surface area contributed by atoms with E-state index in [0.717, 1.165) is 29.9 Å². The van der Waals surface area contributed by atoms with Crippen LogP contribution in [0.1, 0.15) is 31.9 Å². The Bertz CT molecular complexity index is 590. The summed E-state index contributed by atoms with van der Waals surface area (Å²) in [5.41, 5.74) is 1.34. The summed E-state index contributed by atoms with van der Waals surface area (Å²) in [4.78, 5) is 8.57. The van der Waals surface area contributed by atoms with Gasteiger partial charge in [-0.05, 0) is 31.2 Å². The molecule has 0 aromatic carbocycles. The van der Waals surface area contributed by atoms with Crippen LogP contribution in [0.3, 0.4) is 0 Å². The van der Waals surface area contributed by atoms with Crippen LogP contribution in [0.25, 0.3) is 4.96 Å². The summed E-state index contributed by atoms with van der Waals surface area (Å²) >= 11 is 1.73. The summed E-state index contributed by atoms with van der Waals surface area (Å²) < 4.78 is 2.26. The van der Waals surface area contributed by atoms with Crippen molar-refractivity contribution in [2.24, 2.45) is 11.8 Å². The van der Waals surface area contributed by atoms with Crippen molar-refractivity contribution in [2.75, 3.05) is 24.5 Å². The van der Waals surface area contributed by atoms with Crippen molar-refractivity contribution in [1.82, 2.24) is 14.7 Å². The largest absolute Gasteiger partial charge is 0.354 e. The molecule has 20 heavy (non-hydrogen) atoms. The number of rotatable bonds is 4. The van der Waals surface area contributed by atoms with Crippen LogP contribution in [0.4, 0.5) is 5.82 Å². The van der Waals surface area contributed by atoms with Gasteiger partial charge in [0.1, 0.15) is 0 Å². The van der Waals surface area contributed by atoms with Crippen molar-refractivity contribution in [2.45, 2.75) is 32.7 Å². The molecule has 5 heteroatoms. The Morgan fingerprint density at radius 2 is 2.15 bits per heavy atom. The first-order valence-electron chi connectivity index (χ1n) is 7.77. The van der Waals surface area contributed by atoms with E-state index in [0.29, 0.717) is 0 Å². The fourth-order valence-corrected chi connectivity index (χ4v) is 4.62. The third kappa shape index (κ3) is 1.95. The lowest BCUT2D eigenvalue weighted by atomic mass is 10.0. The fraction of sp³-hybridized carbons (Fsp3) is 0.667. The van der Waals surface area contributed by atoms with Gasteiger partial charge in [0.05, 0.1) is 5.69 Å². The highest BCUT2D eigenvalue weighted by atomic mass is 32.1. The molecule has 1 aliphatic heterocycles. The summed E-state index contributed by atoms with van der Waals surface area (Å²) in [6, 6.07) is 0. The second-order valence-corrected chi connectivity index (χ2v) is 6.95. The molecule has 1 N–H and O–H groups in total. The van der Waals surface area contributed by atoms with E-state index < -0.39 is 0 Å². The molecule has 108 valence electrons. The number of nitrogens with zero attached hydrogens (tertiary/aromatic N) is 3. The Morgan fingerprint density at radius 3 is 2.90 bits per heavy atom. The molecule has 0 spiro atoms. The fourth-order valence-electron chi connectivity index (χ4n) is 3.89. The van der Waals surface area contributed by atoms with Crippen molar-refractivity contribution >= 4 is 22.1 Å². The first-order valence-corrected chi connectivity index (χ1v) is 8.65. The van der Waals surface area contributed by atoms with Crippen LogP contribution in [0.15, 0.2) is 11.6 Å². The van der Waals surface area contributed by atoms with Crippen molar-refractivity contribution in [1.29, 1.82) is 0 Å². The predicted octanol–water partition coefficient (Wildman–Crippen LogP) is 2.74. The molecular weight excluding hydrogens is 268 g/mol. The highest BCUT2D eigenvalue weighted by Gasteiger charge is 2.37. The molecule has 0 bridgehead atoms. The number of anilines is 1. The van der Waals surface area contributed by atoms with Gasteiger partial charge in [0.25, 0.3) is 0 Å². The Morgan fingerprint density at radius 1 is 1.35 bits per heavy atom. The molecule has 1 saturated heterocycles. The molecule has 1 aliphatic carbocycles. The van der Waals surface area contributed by atoms with Gasteiger partial charge < -0.3 is 10.2 Å². The van der Waals surface area contributed by atoms with Crippen LogP contribution in [0, 0.1) is 11.8 Å². The summed E-state index contributed by atoms with van der Waals surface area (Å²) in [5.74, 6) is 3.07. The van der Waals surface area contributed by atoms with E-state index in [-0.39, 0.29) is 0 Å². The highest BCUT2D eigenvalue weighted by Crippen LogP contribution is 2.40. The maximum atomic E-state index is 4.90. The summed E-state index contributed by atoms with van der Waals surface area (Å²) in [7, 11) is 0. The third-order valence-corrected chi connectivity index (χ3v) is 5.66. The smallest absolute Gasteiger partial charge is 0.195 e. The van der Waals surface area contributed by atoms with Gasteiger partial charge in [-0.1, -0.05) is 13.3 Å². The van der Waals surface area contributed by atoms with E-state index in [4.69, 9.17) is 4.98 Å². The SMILES string of the molecule is CCNCc1c(N2CC3CCCC3C2)nc2sccn12. The topological polar surface area (TPSA) is 32.6 Å². The predicted molar refractivity (Wildman–Crippen MR) is 83.5 cm³/mol. The molecule has 2 aromatic rings. The third-order valence-electron chi connectivity index (χ3n) is 4.91. The normalized spacial score (nSPS) is 25.8. The molecular formula is C15H22N4S. The van der Waals surface area contributed by atoms with Crippen LogP contribution in [-0.4, -0.2) is 29.0 Å². The Hall–Kier alpha value is -1.07. The number of aromatic nitrogens is 2. The molecule has 4 nitrogen and oxygen atoms in total. The van der Waals surface area contributed by atoms with Crippen LogP contribution >= 0.6 is 11.3 Å². The van der Waals surface area contributed by atoms with E-state index >= 15 is 0 Å². The maximum absolute atomic E-state index is 4.90. The van der Waals surface area contributed by atoms with E-state index in [9.17, 15) is 0 Å². The number of imidazole rings is 1. The quantitative estimate of drug-likeness (QED) is 0.940. The number of fused-ring (bicyclic) bond motifs is 2. The first kappa shape index (κ1) is 12.7.